The summed E-state index contributed by atoms with van der Waals surface area (Å²) in [7, 11) is 0. The van der Waals surface area contributed by atoms with Crippen LogP contribution in [0.15, 0.2) is 40.8 Å². The fourth-order valence-electron chi connectivity index (χ4n) is 1.87. The molecule has 0 spiro atoms. The first kappa shape index (κ1) is 13.4. The van der Waals surface area contributed by atoms with Gasteiger partial charge in [-0.25, -0.2) is 9.78 Å². The van der Waals surface area contributed by atoms with Crippen molar-refractivity contribution in [2.24, 2.45) is 0 Å². The van der Waals surface area contributed by atoms with Crippen LogP contribution >= 0.6 is 34.2 Å². The Morgan fingerprint density at radius 2 is 2.10 bits per heavy atom. The number of carboxylic acids is 1. The third kappa shape index (κ3) is 2.27. The summed E-state index contributed by atoms with van der Waals surface area (Å²) in [5, 5.41) is 9.74. The van der Waals surface area contributed by atoms with Gasteiger partial charge in [0.25, 0.3) is 0 Å². The summed E-state index contributed by atoms with van der Waals surface area (Å²) >= 11 is 8.20. The van der Waals surface area contributed by atoms with E-state index >= 15 is 0 Å². The zero-order valence-corrected chi connectivity index (χ0v) is 12.8. The SMILES string of the molecule is O=C(O)c1cccc2oc(-c3ccc(I)c(Cl)c3)nc12. The number of carboxylic acid groups (broad SMARTS) is 1. The quantitative estimate of drug-likeness (QED) is 0.647. The van der Waals surface area contributed by atoms with E-state index in [2.05, 4.69) is 27.6 Å². The summed E-state index contributed by atoms with van der Waals surface area (Å²) < 4.78 is 6.53. The van der Waals surface area contributed by atoms with Gasteiger partial charge >= 0.3 is 5.97 Å². The maximum absolute atomic E-state index is 11.2. The van der Waals surface area contributed by atoms with Crippen molar-refractivity contribution < 1.29 is 14.3 Å². The number of fused-ring (bicyclic) bond motifs is 1. The summed E-state index contributed by atoms with van der Waals surface area (Å²) in [6, 6.07) is 10.2. The van der Waals surface area contributed by atoms with Crippen LogP contribution < -0.4 is 0 Å². The summed E-state index contributed by atoms with van der Waals surface area (Å²) in [5.41, 5.74) is 1.61. The Balaban J connectivity index is 2.20. The Morgan fingerprint density at radius 3 is 2.80 bits per heavy atom. The molecule has 4 nitrogen and oxygen atoms in total. The van der Waals surface area contributed by atoms with Crippen molar-refractivity contribution in [3.05, 3.63) is 50.6 Å². The number of rotatable bonds is 2. The van der Waals surface area contributed by atoms with E-state index in [-0.39, 0.29) is 5.56 Å². The van der Waals surface area contributed by atoms with Crippen molar-refractivity contribution in [2.45, 2.75) is 0 Å². The minimum Gasteiger partial charge on any atom is -0.478 e. The number of para-hydroxylation sites is 1. The first-order valence-corrected chi connectivity index (χ1v) is 7.10. The smallest absolute Gasteiger partial charge is 0.338 e. The van der Waals surface area contributed by atoms with Gasteiger partial charge in [0.15, 0.2) is 5.58 Å². The average Bonchev–Trinajstić information content (AvgIpc) is 2.85. The highest BCUT2D eigenvalue weighted by Gasteiger charge is 2.15. The molecule has 6 heteroatoms. The van der Waals surface area contributed by atoms with E-state index in [1.807, 2.05) is 12.1 Å². The molecule has 3 aromatic rings. The molecule has 0 aliphatic rings. The van der Waals surface area contributed by atoms with Crippen molar-refractivity contribution in [3.8, 4) is 11.5 Å². The van der Waals surface area contributed by atoms with Gasteiger partial charge in [-0.1, -0.05) is 17.7 Å². The van der Waals surface area contributed by atoms with Crippen LogP contribution in [0.25, 0.3) is 22.6 Å². The van der Waals surface area contributed by atoms with E-state index in [1.54, 1.807) is 18.2 Å². The second kappa shape index (κ2) is 5.06. The van der Waals surface area contributed by atoms with Gasteiger partial charge in [0, 0.05) is 9.13 Å². The van der Waals surface area contributed by atoms with Gasteiger partial charge in [-0.15, -0.1) is 0 Å². The molecule has 3 rings (SSSR count). The Bertz CT molecular complexity index is 828. The van der Waals surface area contributed by atoms with Gasteiger partial charge in [-0.2, -0.15) is 0 Å². The molecule has 0 aliphatic carbocycles. The average molecular weight is 400 g/mol. The third-order valence-corrected chi connectivity index (χ3v) is 4.39. The molecular weight excluding hydrogens is 393 g/mol. The van der Waals surface area contributed by atoms with Crippen LogP contribution in [0.3, 0.4) is 0 Å². The summed E-state index contributed by atoms with van der Waals surface area (Å²) in [5.74, 6) is -0.678. The van der Waals surface area contributed by atoms with Gasteiger partial charge in [0.1, 0.15) is 5.52 Å². The van der Waals surface area contributed by atoms with Crippen LogP contribution in [0.4, 0.5) is 0 Å². The summed E-state index contributed by atoms with van der Waals surface area (Å²) in [6.45, 7) is 0. The van der Waals surface area contributed by atoms with Gasteiger partial charge < -0.3 is 9.52 Å². The topological polar surface area (TPSA) is 63.3 Å². The van der Waals surface area contributed by atoms with E-state index in [0.29, 0.717) is 27.6 Å². The molecule has 0 radical (unpaired) electrons. The lowest BCUT2D eigenvalue weighted by Gasteiger charge is -1.98. The lowest BCUT2D eigenvalue weighted by atomic mass is 10.2. The lowest BCUT2D eigenvalue weighted by molar-refractivity contribution is 0.0699. The fourth-order valence-corrected chi connectivity index (χ4v) is 2.39. The van der Waals surface area contributed by atoms with Crippen LogP contribution in [0.5, 0.6) is 0 Å². The Kier molecular flexibility index (Phi) is 3.39. The van der Waals surface area contributed by atoms with E-state index in [1.165, 1.54) is 6.07 Å². The normalized spacial score (nSPS) is 10.9. The second-order valence-electron chi connectivity index (χ2n) is 4.11. The van der Waals surface area contributed by atoms with Crippen molar-refractivity contribution in [3.63, 3.8) is 0 Å². The monoisotopic (exact) mass is 399 g/mol. The molecule has 0 atom stereocenters. The number of benzene rings is 2. The molecule has 0 saturated carbocycles. The summed E-state index contributed by atoms with van der Waals surface area (Å²) in [6.07, 6.45) is 0. The number of aromatic nitrogens is 1. The molecule has 20 heavy (non-hydrogen) atoms. The number of nitrogens with zero attached hydrogens (tertiary/aromatic N) is 1. The van der Waals surface area contributed by atoms with Gasteiger partial charge in [0.2, 0.25) is 5.89 Å². The van der Waals surface area contributed by atoms with E-state index in [0.717, 1.165) is 3.57 Å². The molecular formula is C14H7ClINO3. The predicted octanol–water partition coefficient (Wildman–Crippen LogP) is 4.45. The van der Waals surface area contributed by atoms with Crippen molar-refractivity contribution >= 4 is 51.3 Å². The highest BCUT2D eigenvalue weighted by Crippen LogP contribution is 2.29. The molecule has 1 aromatic heterocycles. The molecule has 0 aliphatic heterocycles. The molecule has 0 fully saturated rings. The number of aromatic carboxylic acids is 1. The number of hydrogen-bond acceptors (Lipinski definition) is 3. The molecule has 0 saturated heterocycles. The molecule has 1 heterocycles. The molecule has 1 N–H and O–H groups in total. The van der Waals surface area contributed by atoms with E-state index < -0.39 is 5.97 Å². The largest absolute Gasteiger partial charge is 0.478 e. The minimum atomic E-state index is -1.03. The van der Waals surface area contributed by atoms with E-state index in [9.17, 15) is 4.79 Å². The molecule has 2 aromatic carbocycles. The van der Waals surface area contributed by atoms with Crippen LogP contribution in [-0.2, 0) is 0 Å². The Morgan fingerprint density at radius 1 is 1.30 bits per heavy atom. The first-order chi connectivity index (χ1) is 9.56. The van der Waals surface area contributed by atoms with Crippen molar-refractivity contribution in [1.82, 2.24) is 4.98 Å². The van der Waals surface area contributed by atoms with Gasteiger partial charge in [-0.3, -0.25) is 0 Å². The summed E-state index contributed by atoms with van der Waals surface area (Å²) in [4.78, 5) is 15.4. The number of hydrogen-bond donors (Lipinski definition) is 1. The van der Waals surface area contributed by atoms with Crippen molar-refractivity contribution in [1.29, 1.82) is 0 Å². The Labute approximate surface area is 132 Å². The minimum absolute atomic E-state index is 0.120. The van der Waals surface area contributed by atoms with Crippen LogP contribution in [0.1, 0.15) is 10.4 Å². The van der Waals surface area contributed by atoms with Crippen LogP contribution in [-0.4, -0.2) is 16.1 Å². The van der Waals surface area contributed by atoms with Gasteiger partial charge in [-0.05, 0) is 52.9 Å². The zero-order valence-electron chi connectivity index (χ0n) is 9.93. The Hall–Kier alpha value is -1.60. The van der Waals surface area contributed by atoms with E-state index in [4.69, 9.17) is 21.1 Å². The highest BCUT2D eigenvalue weighted by molar-refractivity contribution is 14.1. The standard InChI is InChI=1S/C14H7ClINO3/c15-9-6-7(4-5-10(9)16)13-17-12-8(14(18)19)2-1-3-11(12)20-13/h1-6H,(H,18,19). The first-order valence-electron chi connectivity index (χ1n) is 5.64. The third-order valence-electron chi connectivity index (χ3n) is 2.82. The molecule has 0 unspecified atom stereocenters. The number of halogens is 2. The maximum Gasteiger partial charge on any atom is 0.338 e. The predicted molar refractivity (Wildman–Crippen MR) is 84.1 cm³/mol. The lowest BCUT2D eigenvalue weighted by Crippen LogP contribution is -1.96. The molecule has 100 valence electrons. The number of oxazole rings is 1. The number of carbonyl (C=O) groups is 1. The van der Waals surface area contributed by atoms with Gasteiger partial charge in [0.05, 0.1) is 10.6 Å². The van der Waals surface area contributed by atoms with Crippen LogP contribution in [0.2, 0.25) is 5.02 Å². The van der Waals surface area contributed by atoms with Crippen molar-refractivity contribution in [2.75, 3.05) is 0 Å². The highest BCUT2D eigenvalue weighted by atomic mass is 127. The molecule has 0 bridgehead atoms. The fraction of sp³-hybridized carbons (Fsp3) is 0. The maximum atomic E-state index is 11.2. The zero-order chi connectivity index (χ0) is 14.3. The molecule has 0 amide bonds. The van der Waals surface area contributed by atoms with Crippen LogP contribution in [0, 0.1) is 3.57 Å². The second-order valence-corrected chi connectivity index (χ2v) is 5.67.